The van der Waals surface area contributed by atoms with Gasteiger partial charge in [-0.25, -0.2) is 0 Å². The van der Waals surface area contributed by atoms with E-state index in [1.54, 1.807) is 0 Å². The lowest BCUT2D eigenvalue weighted by Crippen LogP contribution is -1.80. The molecule has 43 heavy (non-hydrogen) atoms. The molecule has 0 saturated carbocycles. The summed E-state index contributed by atoms with van der Waals surface area (Å²) in [7, 11) is 0. The zero-order valence-electron chi connectivity index (χ0n) is 24.1. The average molecular weight is 588 g/mol. The molecule has 9 rings (SSSR count). The van der Waals surface area contributed by atoms with E-state index in [4.69, 9.17) is 0 Å². The zero-order valence-corrected chi connectivity index (χ0v) is 25.8. The maximum absolute atomic E-state index is 3.69. The summed E-state index contributed by atoms with van der Waals surface area (Å²) < 4.78 is 5.60. The molecule has 0 fully saturated rings. The van der Waals surface area contributed by atoms with E-state index in [0.717, 1.165) is 12.8 Å². The second-order valence-electron chi connectivity index (χ2n) is 11.5. The van der Waals surface area contributed by atoms with Crippen molar-refractivity contribution in [1.29, 1.82) is 0 Å². The molecule has 0 amide bonds. The molecule has 3 heterocycles. The molecule has 0 saturated heterocycles. The highest BCUT2D eigenvalue weighted by Gasteiger charge is 2.16. The van der Waals surface area contributed by atoms with Crippen molar-refractivity contribution in [1.82, 2.24) is 4.98 Å². The first kappa shape index (κ1) is 25.1. The Morgan fingerprint density at radius 3 is 1.30 bits per heavy atom. The van der Waals surface area contributed by atoms with E-state index in [1.165, 1.54) is 95.5 Å². The molecule has 3 aromatic heterocycles. The molecule has 0 aliphatic rings. The standard InChI is InChI=1S/C40H29NS2/c1-3-23-9-5-13-29-31-15-7-11-27(39(31)42-37(23)29)25-17-19-35-33(21-25)34-22-26(18-20-36(34)41-35)28-12-8-16-32-30-14-6-10-24(4-2)38(30)43-40(28)32/h5-22,41H,3-4H2,1-2H3. The van der Waals surface area contributed by atoms with Crippen LogP contribution in [0.2, 0.25) is 0 Å². The summed E-state index contributed by atoms with van der Waals surface area (Å²) in [5.41, 5.74) is 10.4. The first-order valence-electron chi connectivity index (χ1n) is 15.1. The van der Waals surface area contributed by atoms with Gasteiger partial charge in [0.25, 0.3) is 0 Å². The van der Waals surface area contributed by atoms with E-state index < -0.39 is 0 Å². The Bertz CT molecular complexity index is 2360. The number of H-pyrrole nitrogens is 1. The van der Waals surface area contributed by atoms with Gasteiger partial charge in [0, 0.05) is 62.2 Å². The number of rotatable bonds is 4. The van der Waals surface area contributed by atoms with Crippen LogP contribution in [0.3, 0.4) is 0 Å². The van der Waals surface area contributed by atoms with Crippen LogP contribution in [-0.4, -0.2) is 4.98 Å². The monoisotopic (exact) mass is 587 g/mol. The van der Waals surface area contributed by atoms with Crippen molar-refractivity contribution in [3.63, 3.8) is 0 Å². The van der Waals surface area contributed by atoms with Crippen LogP contribution >= 0.6 is 22.7 Å². The Hall–Kier alpha value is -4.44. The fourth-order valence-electron chi connectivity index (χ4n) is 7.00. The summed E-state index contributed by atoms with van der Waals surface area (Å²) in [4.78, 5) is 3.69. The summed E-state index contributed by atoms with van der Waals surface area (Å²) in [6.07, 6.45) is 2.11. The number of thiophene rings is 2. The summed E-state index contributed by atoms with van der Waals surface area (Å²) in [5, 5.41) is 8.02. The molecular formula is C40H29NS2. The highest BCUT2D eigenvalue weighted by atomic mass is 32.1. The number of aryl methyl sites for hydroxylation is 2. The van der Waals surface area contributed by atoms with E-state index in [1.807, 2.05) is 22.7 Å². The third kappa shape index (κ3) is 3.68. The highest BCUT2D eigenvalue weighted by Crippen LogP contribution is 2.44. The molecule has 9 aromatic rings. The quantitative estimate of drug-likeness (QED) is 0.211. The third-order valence-electron chi connectivity index (χ3n) is 9.19. The molecule has 0 aliphatic carbocycles. The van der Waals surface area contributed by atoms with Crippen molar-refractivity contribution < 1.29 is 0 Å². The number of hydrogen-bond acceptors (Lipinski definition) is 2. The van der Waals surface area contributed by atoms with E-state index in [9.17, 15) is 0 Å². The van der Waals surface area contributed by atoms with E-state index in [0.29, 0.717) is 0 Å². The van der Waals surface area contributed by atoms with Crippen LogP contribution in [-0.2, 0) is 12.8 Å². The van der Waals surface area contributed by atoms with Crippen LogP contribution in [0.5, 0.6) is 0 Å². The number of nitrogens with one attached hydrogen (secondary N) is 1. The van der Waals surface area contributed by atoms with Gasteiger partial charge in [-0.3, -0.25) is 0 Å². The fraction of sp³-hybridized carbons (Fsp3) is 0.100. The molecule has 206 valence electrons. The van der Waals surface area contributed by atoms with Gasteiger partial charge < -0.3 is 4.98 Å². The highest BCUT2D eigenvalue weighted by molar-refractivity contribution is 7.27. The molecule has 0 aliphatic heterocycles. The second kappa shape index (κ2) is 9.54. The van der Waals surface area contributed by atoms with Gasteiger partial charge in [0.2, 0.25) is 0 Å². The van der Waals surface area contributed by atoms with Crippen LogP contribution < -0.4 is 0 Å². The minimum absolute atomic E-state index is 1.05. The van der Waals surface area contributed by atoms with Crippen molar-refractivity contribution in [2.24, 2.45) is 0 Å². The number of hydrogen-bond donors (Lipinski definition) is 1. The lowest BCUT2D eigenvalue weighted by atomic mass is 9.98. The molecule has 0 atom stereocenters. The summed E-state index contributed by atoms with van der Waals surface area (Å²) in [6.45, 7) is 4.51. The van der Waals surface area contributed by atoms with Gasteiger partial charge in [-0.15, -0.1) is 22.7 Å². The molecule has 0 radical (unpaired) electrons. The van der Waals surface area contributed by atoms with Crippen molar-refractivity contribution in [3.05, 3.63) is 120 Å². The largest absolute Gasteiger partial charge is 0.355 e. The Kier molecular flexibility index (Phi) is 5.56. The summed E-state index contributed by atoms with van der Waals surface area (Å²) in [5.74, 6) is 0. The van der Waals surface area contributed by atoms with Gasteiger partial charge in [0.15, 0.2) is 0 Å². The summed E-state index contributed by atoms with van der Waals surface area (Å²) in [6, 6.07) is 41.0. The SMILES string of the molecule is CCc1cccc2c1sc1c(-c3ccc4[nH]c5ccc(-c6cccc7c6sc6c(CC)cccc67)cc5c4c3)cccc12. The minimum atomic E-state index is 1.05. The van der Waals surface area contributed by atoms with Gasteiger partial charge >= 0.3 is 0 Å². The van der Waals surface area contributed by atoms with Gasteiger partial charge in [0.05, 0.1) is 0 Å². The lowest BCUT2D eigenvalue weighted by molar-refractivity contribution is 1.16. The summed E-state index contributed by atoms with van der Waals surface area (Å²) >= 11 is 3.89. The van der Waals surface area contributed by atoms with Crippen molar-refractivity contribution in [2.75, 3.05) is 0 Å². The molecule has 0 spiro atoms. The van der Waals surface area contributed by atoms with Gasteiger partial charge in [0.1, 0.15) is 0 Å². The maximum atomic E-state index is 3.69. The molecular weight excluding hydrogens is 559 g/mol. The number of fused-ring (bicyclic) bond motifs is 9. The lowest BCUT2D eigenvalue weighted by Gasteiger charge is -2.06. The smallest absolute Gasteiger partial charge is 0.0465 e. The van der Waals surface area contributed by atoms with Crippen LogP contribution in [0.25, 0.3) is 84.4 Å². The number of aromatic nitrogens is 1. The maximum Gasteiger partial charge on any atom is 0.0465 e. The Balaban J connectivity index is 1.24. The minimum Gasteiger partial charge on any atom is -0.355 e. The third-order valence-corrected chi connectivity index (χ3v) is 11.9. The van der Waals surface area contributed by atoms with E-state index in [2.05, 4.69) is 128 Å². The zero-order chi connectivity index (χ0) is 28.7. The van der Waals surface area contributed by atoms with Gasteiger partial charge in [-0.2, -0.15) is 0 Å². The molecule has 0 bridgehead atoms. The second-order valence-corrected chi connectivity index (χ2v) is 13.6. The molecule has 1 N–H and O–H groups in total. The van der Waals surface area contributed by atoms with Crippen LogP contribution in [0.15, 0.2) is 109 Å². The average Bonchev–Trinajstić information content (AvgIpc) is 3.75. The first-order valence-corrected chi connectivity index (χ1v) is 16.8. The number of aromatic amines is 1. The van der Waals surface area contributed by atoms with Crippen LogP contribution in [0.1, 0.15) is 25.0 Å². The van der Waals surface area contributed by atoms with Crippen LogP contribution in [0, 0.1) is 0 Å². The van der Waals surface area contributed by atoms with E-state index in [-0.39, 0.29) is 0 Å². The first-order chi connectivity index (χ1) is 21.2. The molecule has 3 heteroatoms. The van der Waals surface area contributed by atoms with Gasteiger partial charge in [-0.1, -0.05) is 98.8 Å². The predicted octanol–water partition coefficient (Wildman–Crippen LogP) is 12.5. The Morgan fingerprint density at radius 1 is 0.442 bits per heavy atom. The molecule has 0 unspecified atom stereocenters. The van der Waals surface area contributed by atoms with Crippen LogP contribution in [0.4, 0.5) is 0 Å². The fourth-order valence-corrected chi connectivity index (χ4v) is 9.84. The molecule has 1 nitrogen and oxygen atoms in total. The van der Waals surface area contributed by atoms with Crippen molar-refractivity contribution >= 4 is 84.8 Å². The predicted molar refractivity (Wildman–Crippen MR) is 191 cm³/mol. The van der Waals surface area contributed by atoms with E-state index >= 15 is 0 Å². The topological polar surface area (TPSA) is 15.8 Å². The Labute approximate surface area is 258 Å². The Morgan fingerprint density at radius 2 is 0.860 bits per heavy atom. The van der Waals surface area contributed by atoms with Crippen molar-refractivity contribution in [2.45, 2.75) is 26.7 Å². The van der Waals surface area contributed by atoms with Gasteiger partial charge in [-0.05, 0) is 70.5 Å². The molecule has 6 aromatic carbocycles. The number of benzene rings is 6. The van der Waals surface area contributed by atoms with Crippen molar-refractivity contribution in [3.8, 4) is 22.3 Å². The normalized spacial score (nSPS) is 12.1.